The van der Waals surface area contributed by atoms with E-state index in [9.17, 15) is 13.2 Å². The summed E-state index contributed by atoms with van der Waals surface area (Å²) in [6.07, 6.45) is 6.96. The van der Waals surface area contributed by atoms with Crippen LogP contribution in [0.15, 0.2) is 65.6 Å². The maximum absolute atomic E-state index is 16.3. The average molecular weight is 630 g/mol. The average Bonchev–Trinajstić information content (AvgIpc) is 3.53. The number of nitrogens with one attached hydrogen (secondary N) is 1. The van der Waals surface area contributed by atoms with E-state index in [1.165, 1.54) is 29.2 Å². The van der Waals surface area contributed by atoms with Gasteiger partial charge in [-0.15, -0.1) is 0 Å². The number of piperidine rings is 1. The summed E-state index contributed by atoms with van der Waals surface area (Å²) in [5, 5.41) is 1.35. The summed E-state index contributed by atoms with van der Waals surface area (Å²) in [5.74, 6) is -3.97. The third-order valence-electron chi connectivity index (χ3n) is 8.42. The van der Waals surface area contributed by atoms with Gasteiger partial charge in [-0.05, 0) is 92.1 Å². The fourth-order valence-corrected chi connectivity index (χ4v) is 6.96. The molecule has 2 aliphatic rings. The van der Waals surface area contributed by atoms with Gasteiger partial charge in [0, 0.05) is 24.7 Å². The molecule has 3 aromatic carbocycles. The van der Waals surface area contributed by atoms with Gasteiger partial charge in [0.1, 0.15) is 11.5 Å². The third kappa shape index (κ3) is 7.50. The van der Waals surface area contributed by atoms with E-state index in [-0.39, 0.29) is 35.9 Å². The summed E-state index contributed by atoms with van der Waals surface area (Å²) in [4.78, 5) is 14.7. The third-order valence-corrected chi connectivity index (χ3v) is 9.84. The van der Waals surface area contributed by atoms with Crippen LogP contribution in [0.3, 0.4) is 0 Å². The molecule has 0 bridgehead atoms. The van der Waals surface area contributed by atoms with Crippen LogP contribution in [-0.2, 0) is 20.7 Å². The SMILES string of the molecule is CCCCOc1cccc(C(F)(F)C(NS(=O)(=O)c2ccc3cc(OC4CCCC4)ccc3c2)C(=O)N2CCC(N)CC2)c1. The number of amides is 1. The van der Waals surface area contributed by atoms with E-state index in [4.69, 9.17) is 15.2 Å². The van der Waals surface area contributed by atoms with Gasteiger partial charge >= 0.3 is 0 Å². The molecule has 1 aliphatic heterocycles. The number of likely N-dealkylation sites (tertiary alicyclic amines) is 1. The molecule has 1 amide bonds. The van der Waals surface area contributed by atoms with Crippen LogP contribution in [0, 0.1) is 0 Å². The smallest absolute Gasteiger partial charge is 0.298 e. The highest BCUT2D eigenvalue weighted by Gasteiger charge is 2.50. The first kappa shape index (κ1) is 32.1. The quantitative estimate of drug-likeness (QED) is 0.248. The molecule has 1 saturated carbocycles. The number of fused-ring (bicyclic) bond motifs is 1. The standard InChI is InChI=1S/C33H41F2N3O5S/c1-2-3-19-42-28-10-6-7-25(22-28)33(34,35)31(32(39)38-17-15-26(36)16-18-38)37-44(40,41)30-14-12-23-20-29(13-11-24(23)21-30)43-27-8-4-5-9-27/h6-7,10-14,20-22,26-27,31,37H,2-5,8-9,15-19,36H2,1H3. The minimum absolute atomic E-state index is 0.145. The molecule has 5 rings (SSSR count). The van der Waals surface area contributed by atoms with Gasteiger partial charge in [-0.25, -0.2) is 8.42 Å². The van der Waals surface area contributed by atoms with Gasteiger partial charge in [0.2, 0.25) is 15.9 Å². The minimum atomic E-state index is -4.56. The molecule has 1 aliphatic carbocycles. The summed E-state index contributed by atoms with van der Waals surface area (Å²) < 4.78 is 73.7. The fraction of sp³-hybridized carbons (Fsp3) is 0.485. The number of carbonyl (C=O) groups excluding carboxylic acids is 1. The molecule has 1 unspecified atom stereocenters. The van der Waals surface area contributed by atoms with E-state index in [0.29, 0.717) is 30.6 Å². The number of rotatable bonds is 12. The van der Waals surface area contributed by atoms with Crippen molar-refractivity contribution < 1.29 is 31.5 Å². The number of nitrogens with two attached hydrogens (primary N) is 1. The highest BCUT2D eigenvalue weighted by molar-refractivity contribution is 7.89. The Kier molecular flexibility index (Phi) is 10.1. The summed E-state index contributed by atoms with van der Waals surface area (Å²) in [5.41, 5.74) is 5.45. The van der Waals surface area contributed by atoms with E-state index < -0.39 is 33.5 Å². The lowest BCUT2D eigenvalue weighted by atomic mass is 9.98. The molecule has 8 nitrogen and oxygen atoms in total. The highest BCUT2D eigenvalue weighted by Crippen LogP contribution is 2.36. The first-order valence-corrected chi connectivity index (χ1v) is 16.9. The van der Waals surface area contributed by atoms with Crippen molar-refractivity contribution >= 4 is 26.7 Å². The summed E-state index contributed by atoms with van der Waals surface area (Å²) in [7, 11) is -4.56. The van der Waals surface area contributed by atoms with Crippen LogP contribution in [0.25, 0.3) is 10.8 Å². The Bertz CT molecular complexity index is 1550. The van der Waals surface area contributed by atoms with Gasteiger partial charge < -0.3 is 20.1 Å². The number of hydrogen-bond acceptors (Lipinski definition) is 6. The van der Waals surface area contributed by atoms with E-state index in [2.05, 4.69) is 4.72 Å². The van der Waals surface area contributed by atoms with Crippen LogP contribution in [-0.4, -0.2) is 57.1 Å². The van der Waals surface area contributed by atoms with Crippen LogP contribution in [0.5, 0.6) is 11.5 Å². The van der Waals surface area contributed by atoms with Crippen molar-refractivity contribution in [1.29, 1.82) is 0 Å². The molecule has 0 radical (unpaired) electrons. The Morgan fingerprint density at radius 1 is 1.00 bits per heavy atom. The lowest BCUT2D eigenvalue weighted by Gasteiger charge is -2.35. The van der Waals surface area contributed by atoms with E-state index in [1.54, 1.807) is 24.3 Å². The fourth-order valence-electron chi connectivity index (χ4n) is 5.74. The van der Waals surface area contributed by atoms with Gasteiger partial charge in [-0.2, -0.15) is 13.5 Å². The van der Waals surface area contributed by atoms with Crippen LogP contribution in [0.2, 0.25) is 0 Å². The Labute approximate surface area is 257 Å². The molecule has 1 saturated heterocycles. The molecular formula is C33H41F2N3O5S. The Hall–Kier alpha value is -3.28. The number of ether oxygens (including phenoxy) is 2. The molecule has 0 spiro atoms. The van der Waals surface area contributed by atoms with Gasteiger partial charge in [-0.3, -0.25) is 4.79 Å². The Balaban J connectivity index is 1.43. The van der Waals surface area contributed by atoms with Gasteiger partial charge in [0.25, 0.3) is 5.92 Å². The molecule has 1 heterocycles. The first-order valence-electron chi connectivity index (χ1n) is 15.4. The lowest BCUT2D eigenvalue weighted by Crippen LogP contribution is -2.57. The van der Waals surface area contributed by atoms with E-state index >= 15 is 8.78 Å². The van der Waals surface area contributed by atoms with Crippen LogP contribution in [0.1, 0.15) is 63.9 Å². The second kappa shape index (κ2) is 13.8. The molecule has 44 heavy (non-hydrogen) atoms. The van der Waals surface area contributed by atoms with E-state index in [0.717, 1.165) is 50.0 Å². The normalized spacial score (nSPS) is 17.6. The number of hydrogen-bond donors (Lipinski definition) is 2. The zero-order chi connectivity index (χ0) is 31.3. The van der Waals surface area contributed by atoms with Crippen molar-refractivity contribution in [1.82, 2.24) is 9.62 Å². The number of halogens is 2. The number of unbranched alkanes of at least 4 members (excludes halogenated alkanes) is 1. The maximum Gasteiger partial charge on any atom is 0.298 e. The largest absolute Gasteiger partial charge is 0.494 e. The van der Waals surface area contributed by atoms with Crippen molar-refractivity contribution in [2.24, 2.45) is 5.73 Å². The summed E-state index contributed by atoms with van der Waals surface area (Å²) >= 11 is 0. The van der Waals surface area contributed by atoms with Crippen LogP contribution < -0.4 is 19.9 Å². The van der Waals surface area contributed by atoms with Crippen molar-refractivity contribution in [3.8, 4) is 11.5 Å². The minimum Gasteiger partial charge on any atom is -0.494 e. The summed E-state index contributed by atoms with van der Waals surface area (Å²) in [6.45, 7) is 2.66. The van der Waals surface area contributed by atoms with Gasteiger partial charge in [-0.1, -0.05) is 37.6 Å². The van der Waals surface area contributed by atoms with Crippen LogP contribution >= 0.6 is 0 Å². The lowest BCUT2D eigenvalue weighted by molar-refractivity contribution is -0.145. The Morgan fingerprint density at radius 2 is 1.70 bits per heavy atom. The number of benzene rings is 3. The summed E-state index contributed by atoms with van der Waals surface area (Å²) in [6, 6.07) is 12.5. The van der Waals surface area contributed by atoms with Crippen LogP contribution in [0.4, 0.5) is 8.78 Å². The number of alkyl halides is 2. The molecule has 238 valence electrons. The second-order valence-electron chi connectivity index (χ2n) is 11.8. The van der Waals surface area contributed by atoms with Crippen molar-refractivity contribution in [3.63, 3.8) is 0 Å². The topological polar surface area (TPSA) is 111 Å². The molecule has 2 fully saturated rings. The number of nitrogens with zero attached hydrogens (tertiary/aromatic N) is 1. The molecule has 11 heteroatoms. The predicted octanol–water partition coefficient (Wildman–Crippen LogP) is 5.73. The highest BCUT2D eigenvalue weighted by atomic mass is 32.2. The number of sulfonamides is 1. The van der Waals surface area contributed by atoms with Crippen molar-refractivity contribution in [3.05, 3.63) is 66.2 Å². The van der Waals surface area contributed by atoms with E-state index in [1.807, 2.05) is 13.0 Å². The molecule has 3 N–H and O–H groups in total. The molecule has 0 aromatic heterocycles. The first-order chi connectivity index (χ1) is 21.1. The molecule has 3 aromatic rings. The van der Waals surface area contributed by atoms with Crippen molar-refractivity contribution in [2.75, 3.05) is 19.7 Å². The molecular weight excluding hydrogens is 588 g/mol. The maximum atomic E-state index is 16.3. The van der Waals surface area contributed by atoms with Crippen molar-refractivity contribution in [2.45, 2.75) is 87.3 Å². The van der Waals surface area contributed by atoms with Gasteiger partial charge in [0.05, 0.1) is 17.6 Å². The zero-order valence-electron chi connectivity index (χ0n) is 25.0. The monoisotopic (exact) mass is 629 g/mol. The predicted molar refractivity (Wildman–Crippen MR) is 165 cm³/mol. The molecule has 1 atom stereocenters. The number of carbonyl (C=O) groups is 1. The van der Waals surface area contributed by atoms with Gasteiger partial charge in [0.15, 0.2) is 6.04 Å². The Morgan fingerprint density at radius 3 is 2.43 bits per heavy atom. The second-order valence-corrected chi connectivity index (χ2v) is 13.5. The zero-order valence-corrected chi connectivity index (χ0v) is 25.8.